The highest BCUT2D eigenvalue weighted by Gasteiger charge is 2.31. The highest BCUT2D eigenvalue weighted by Crippen LogP contribution is 2.18. The van der Waals surface area contributed by atoms with Crippen molar-refractivity contribution in [3.05, 3.63) is 0 Å². The van der Waals surface area contributed by atoms with Crippen molar-refractivity contribution in [1.82, 2.24) is 5.32 Å². The van der Waals surface area contributed by atoms with Crippen LogP contribution in [0.1, 0.15) is 25.7 Å². The number of carboxylic acids is 1. The first-order chi connectivity index (χ1) is 8.65. The summed E-state index contributed by atoms with van der Waals surface area (Å²) in [5.74, 6) is -0.343. The summed E-state index contributed by atoms with van der Waals surface area (Å²) in [5, 5.41) is 11.8. The van der Waals surface area contributed by atoms with E-state index in [1.54, 1.807) is 11.8 Å². The van der Waals surface area contributed by atoms with Crippen LogP contribution in [0.15, 0.2) is 0 Å². The molecule has 2 unspecified atom stereocenters. The molecule has 0 bridgehead atoms. The fourth-order valence-electron chi connectivity index (χ4n) is 2.03. The Hall–Kier alpha value is -0.750. The molecule has 1 fully saturated rings. The minimum absolute atomic E-state index is 0.110. The SMILES string of the molecule is CSCCCC(=O)NC(C(=O)O)C1CCCOC1. The van der Waals surface area contributed by atoms with Crippen LogP contribution in [-0.2, 0) is 14.3 Å². The van der Waals surface area contributed by atoms with Crippen LogP contribution in [0.3, 0.4) is 0 Å². The lowest BCUT2D eigenvalue weighted by Gasteiger charge is -2.28. The highest BCUT2D eigenvalue weighted by atomic mass is 32.2. The van der Waals surface area contributed by atoms with Crippen LogP contribution in [0.25, 0.3) is 0 Å². The minimum atomic E-state index is -0.969. The van der Waals surface area contributed by atoms with Crippen molar-refractivity contribution < 1.29 is 19.4 Å². The summed E-state index contributed by atoms with van der Waals surface area (Å²) in [6.07, 6.45) is 4.80. The molecule has 2 N–H and O–H groups in total. The van der Waals surface area contributed by atoms with Crippen molar-refractivity contribution in [3.8, 4) is 0 Å². The fraction of sp³-hybridized carbons (Fsp3) is 0.833. The Balaban J connectivity index is 2.41. The largest absolute Gasteiger partial charge is 0.480 e. The Morgan fingerprint density at radius 2 is 2.33 bits per heavy atom. The zero-order valence-corrected chi connectivity index (χ0v) is 11.5. The van der Waals surface area contributed by atoms with Gasteiger partial charge in [0.05, 0.1) is 6.61 Å². The zero-order valence-electron chi connectivity index (χ0n) is 10.7. The van der Waals surface area contributed by atoms with Crippen LogP contribution in [0.2, 0.25) is 0 Å². The molecule has 6 heteroatoms. The van der Waals surface area contributed by atoms with Gasteiger partial charge in [-0.2, -0.15) is 11.8 Å². The summed E-state index contributed by atoms with van der Waals surface area (Å²) in [6.45, 7) is 1.10. The molecule has 1 saturated heterocycles. The highest BCUT2D eigenvalue weighted by molar-refractivity contribution is 7.98. The van der Waals surface area contributed by atoms with Crippen molar-refractivity contribution in [2.24, 2.45) is 5.92 Å². The molecular weight excluding hydrogens is 254 g/mol. The lowest BCUT2D eigenvalue weighted by molar-refractivity contribution is -0.145. The lowest BCUT2D eigenvalue weighted by Crippen LogP contribution is -2.48. The Kier molecular flexibility index (Phi) is 7.12. The molecule has 0 spiro atoms. The first kappa shape index (κ1) is 15.3. The number of hydrogen-bond donors (Lipinski definition) is 2. The number of aliphatic carboxylic acids is 1. The van der Waals surface area contributed by atoms with E-state index in [0.29, 0.717) is 19.6 Å². The maximum Gasteiger partial charge on any atom is 0.326 e. The van der Waals surface area contributed by atoms with Gasteiger partial charge in [-0.3, -0.25) is 4.79 Å². The summed E-state index contributed by atoms with van der Waals surface area (Å²) in [5.41, 5.74) is 0. The number of amides is 1. The molecule has 0 saturated carbocycles. The molecule has 1 aliphatic heterocycles. The molecule has 104 valence electrons. The third-order valence-corrected chi connectivity index (χ3v) is 3.70. The standard InChI is InChI=1S/C12H21NO4S/c1-18-7-3-5-10(14)13-11(12(15)16)9-4-2-6-17-8-9/h9,11H,2-8H2,1H3,(H,13,14)(H,15,16). The Morgan fingerprint density at radius 1 is 1.56 bits per heavy atom. The van der Waals surface area contributed by atoms with Gasteiger partial charge in [0.2, 0.25) is 5.91 Å². The molecule has 1 amide bonds. The van der Waals surface area contributed by atoms with Gasteiger partial charge < -0.3 is 15.2 Å². The van der Waals surface area contributed by atoms with Crippen LogP contribution < -0.4 is 5.32 Å². The topological polar surface area (TPSA) is 75.6 Å². The lowest BCUT2D eigenvalue weighted by atomic mass is 9.93. The predicted octanol–water partition coefficient (Wildman–Crippen LogP) is 1.13. The maximum absolute atomic E-state index is 11.7. The van der Waals surface area contributed by atoms with E-state index in [0.717, 1.165) is 25.0 Å². The van der Waals surface area contributed by atoms with Crippen molar-refractivity contribution in [2.45, 2.75) is 31.7 Å². The molecular formula is C12H21NO4S. The molecule has 0 radical (unpaired) electrons. The maximum atomic E-state index is 11.7. The molecule has 18 heavy (non-hydrogen) atoms. The number of carbonyl (C=O) groups excluding carboxylic acids is 1. The molecule has 0 aromatic carbocycles. The number of rotatable bonds is 7. The van der Waals surface area contributed by atoms with Crippen molar-refractivity contribution in [2.75, 3.05) is 25.2 Å². The predicted molar refractivity (Wildman–Crippen MR) is 70.7 cm³/mol. The average molecular weight is 275 g/mol. The Bertz CT molecular complexity index is 279. The van der Waals surface area contributed by atoms with Crippen molar-refractivity contribution >= 4 is 23.6 Å². The summed E-state index contributed by atoms with van der Waals surface area (Å²) >= 11 is 1.68. The quantitative estimate of drug-likeness (QED) is 0.681. The van der Waals surface area contributed by atoms with Gasteiger partial charge in [0.25, 0.3) is 0 Å². The first-order valence-electron chi connectivity index (χ1n) is 6.24. The molecule has 0 aromatic heterocycles. The molecule has 5 nitrogen and oxygen atoms in total. The Morgan fingerprint density at radius 3 is 2.89 bits per heavy atom. The van der Waals surface area contributed by atoms with E-state index < -0.39 is 12.0 Å². The van der Waals surface area contributed by atoms with Gasteiger partial charge in [-0.15, -0.1) is 0 Å². The molecule has 2 atom stereocenters. The molecule has 0 aromatic rings. The number of carbonyl (C=O) groups is 2. The zero-order chi connectivity index (χ0) is 13.4. The van der Waals surface area contributed by atoms with Crippen LogP contribution in [-0.4, -0.2) is 48.2 Å². The van der Waals surface area contributed by atoms with E-state index in [-0.39, 0.29) is 11.8 Å². The number of nitrogens with one attached hydrogen (secondary N) is 1. The number of hydrogen-bond acceptors (Lipinski definition) is 4. The molecule has 1 aliphatic rings. The molecule has 1 rings (SSSR count). The second-order valence-corrected chi connectivity index (χ2v) is 5.44. The molecule has 1 heterocycles. The van der Waals surface area contributed by atoms with Crippen LogP contribution in [0.5, 0.6) is 0 Å². The summed E-state index contributed by atoms with van der Waals surface area (Å²) in [6, 6.07) is -0.813. The number of thioether (sulfide) groups is 1. The van der Waals surface area contributed by atoms with E-state index in [1.807, 2.05) is 6.26 Å². The van der Waals surface area contributed by atoms with E-state index in [4.69, 9.17) is 4.74 Å². The van der Waals surface area contributed by atoms with Gasteiger partial charge in [0, 0.05) is 18.9 Å². The van der Waals surface area contributed by atoms with E-state index in [2.05, 4.69) is 5.32 Å². The van der Waals surface area contributed by atoms with Gasteiger partial charge in [-0.25, -0.2) is 4.79 Å². The summed E-state index contributed by atoms with van der Waals surface area (Å²) in [7, 11) is 0. The van der Waals surface area contributed by atoms with Crippen LogP contribution in [0.4, 0.5) is 0 Å². The average Bonchev–Trinajstić information content (AvgIpc) is 2.37. The van der Waals surface area contributed by atoms with Gasteiger partial charge in [-0.05, 0) is 31.3 Å². The fourth-order valence-corrected chi connectivity index (χ4v) is 2.47. The number of ether oxygens (including phenoxy) is 1. The second-order valence-electron chi connectivity index (χ2n) is 4.46. The Labute approximate surface area is 112 Å². The van der Waals surface area contributed by atoms with Gasteiger partial charge in [0.15, 0.2) is 0 Å². The van der Waals surface area contributed by atoms with E-state index in [1.165, 1.54) is 0 Å². The monoisotopic (exact) mass is 275 g/mol. The molecule has 0 aliphatic carbocycles. The van der Waals surface area contributed by atoms with Crippen LogP contribution in [0, 0.1) is 5.92 Å². The summed E-state index contributed by atoms with van der Waals surface area (Å²) in [4.78, 5) is 22.8. The minimum Gasteiger partial charge on any atom is -0.480 e. The van der Waals surface area contributed by atoms with Crippen molar-refractivity contribution in [3.63, 3.8) is 0 Å². The van der Waals surface area contributed by atoms with E-state index in [9.17, 15) is 14.7 Å². The summed E-state index contributed by atoms with van der Waals surface area (Å²) < 4.78 is 5.28. The van der Waals surface area contributed by atoms with Gasteiger partial charge in [-0.1, -0.05) is 0 Å². The van der Waals surface area contributed by atoms with Gasteiger partial charge >= 0.3 is 5.97 Å². The third kappa shape index (κ3) is 5.27. The van der Waals surface area contributed by atoms with E-state index >= 15 is 0 Å². The van der Waals surface area contributed by atoms with Gasteiger partial charge in [0.1, 0.15) is 6.04 Å². The second kappa shape index (κ2) is 8.37. The van der Waals surface area contributed by atoms with Crippen molar-refractivity contribution in [1.29, 1.82) is 0 Å². The smallest absolute Gasteiger partial charge is 0.326 e. The van der Waals surface area contributed by atoms with Crippen LogP contribution >= 0.6 is 11.8 Å². The third-order valence-electron chi connectivity index (χ3n) is 3.00. The number of carboxylic acid groups (broad SMARTS) is 1. The normalized spacial score (nSPS) is 21.3. The first-order valence-corrected chi connectivity index (χ1v) is 7.63.